The van der Waals surface area contributed by atoms with Crippen LogP contribution in [-0.4, -0.2) is 43.2 Å². The van der Waals surface area contributed by atoms with Gasteiger partial charge in [0.15, 0.2) is 0 Å². The molecule has 1 aliphatic carbocycles. The van der Waals surface area contributed by atoms with Crippen LogP contribution in [0.2, 0.25) is 0 Å². The summed E-state index contributed by atoms with van der Waals surface area (Å²) in [7, 11) is 0. The molecule has 3 aliphatic rings. The number of nitrogens with zero attached hydrogens (tertiary/aromatic N) is 1. The summed E-state index contributed by atoms with van der Waals surface area (Å²) in [4.78, 5) is 2.71. The summed E-state index contributed by atoms with van der Waals surface area (Å²) in [6.07, 6.45) is 8.15. The van der Waals surface area contributed by atoms with Crippen LogP contribution >= 0.6 is 0 Å². The maximum atomic E-state index is 6.11. The predicted octanol–water partition coefficient (Wildman–Crippen LogP) is 2.38. The zero-order valence-corrected chi connectivity index (χ0v) is 12.8. The fourth-order valence-corrected chi connectivity index (χ4v) is 3.83. The molecule has 1 aromatic carbocycles. The van der Waals surface area contributed by atoms with Gasteiger partial charge in [0.25, 0.3) is 0 Å². The monoisotopic (exact) mass is 286 g/mol. The van der Waals surface area contributed by atoms with E-state index in [2.05, 4.69) is 28.4 Å². The molecule has 1 saturated carbocycles. The summed E-state index contributed by atoms with van der Waals surface area (Å²) in [5.41, 5.74) is 3.05. The molecule has 2 aliphatic heterocycles. The second kappa shape index (κ2) is 5.98. The molecule has 0 spiro atoms. The molecule has 21 heavy (non-hydrogen) atoms. The van der Waals surface area contributed by atoms with E-state index in [4.69, 9.17) is 4.74 Å². The number of rotatable bonds is 3. The first-order chi connectivity index (χ1) is 10.4. The lowest BCUT2D eigenvalue weighted by Gasteiger charge is -2.36. The van der Waals surface area contributed by atoms with E-state index < -0.39 is 0 Å². The van der Waals surface area contributed by atoms with E-state index in [9.17, 15) is 0 Å². The van der Waals surface area contributed by atoms with Crippen molar-refractivity contribution in [2.24, 2.45) is 0 Å². The van der Waals surface area contributed by atoms with Crippen molar-refractivity contribution in [1.29, 1.82) is 0 Å². The molecule has 0 aromatic heterocycles. The van der Waals surface area contributed by atoms with Crippen molar-refractivity contribution in [3.63, 3.8) is 0 Å². The Morgan fingerprint density at radius 3 is 2.62 bits per heavy atom. The Hall–Kier alpha value is -1.06. The molecule has 1 aromatic rings. The first-order valence-electron chi connectivity index (χ1n) is 8.62. The Bertz CT molecular complexity index is 492. The number of ether oxygens (including phenoxy) is 1. The molecule has 1 N–H and O–H groups in total. The minimum absolute atomic E-state index is 0.361. The molecule has 0 amide bonds. The van der Waals surface area contributed by atoms with Gasteiger partial charge in [-0.3, -0.25) is 4.90 Å². The number of nitrogens with one attached hydrogen (secondary N) is 1. The van der Waals surface area contributed by atoms with Crippen LogP contribution in [0.25, 0.3) is 0 Å². The van der Waals surface area contributed by atoms with Crippen LogP contribution in [-0.2, 0) is 12.8 Å². The van der Waals surface area contributed by atoms with E-state index >= 15 is 0 Å². The predicted molar refractivity (Wildman–Crippen MR) is 85.0 cm³/mol. The molecule has 114 valence electrons. The first-order valence-corrected chi connectivity index (χ1v) is 8.62. The molecule has 3 nitrogen and oxygen atoms in total. The number of hydrogen-bond acceptors (Lipinski definition) is 3. The Morgan fingerprint density at radius 2 is 1.90 bits per heavy atom. The lowest BCUT2D eigenvalue weighted by molar-refractivity contribution is 0.133. The summed E-state index contributed by atoms with van der Waals surface area (Å²) < 4.78 is 6.11. The van der Waals surface area contributed by atoms with Gasteiger partial charge >= 0.3 is 0 Å². The van der Waals surface area contributed by atoms with E-state index in [1.807, 2.05) is 0 Å². The standard InChI is InChI=1S/C18H26N2O/c1-2-16(3-1)20-10-7-14-4-5-17(12-15(14)8-11-20)21-18-6-9-19-13-18/h4-5,12,16,18-19H,1-3,6-11,13H2. The van der Waals surface area contributed by atoms with Gasteiger partial charge in [-0.05, 0) is 61.9 Å². The van der Waals surface area contributed by atoms with E-state index in [1.54, 1.807) is 0 Å². The molecular weight excluding hydrogens is 260 g/mol. The maximum Gasteiger partial charge on any atom is 0.120 e. The molecule has 0 radical (unpaired) electrons. The summed E-state index contributed by atoms with van der Waals surface area (Å²) in [5, 5.41) is 3.36. The van der Waals surface area contributed by atoms with Crippen molar-refractivity contribution in [2.45, 2.75) is 50.7 Å². The zero-order chi connectivity index (χ0) is 14.1. The van der Waals surface area contributed by atoms with Gasteiger partial charge in [0.05, 0.1) is 0 Å². The lowest BCUT2D eigenvalue weighted by Crippen LogP contribution is -2.41. The van der Waals surface area contributed by atoms with Crippen LogP contribution in [0.3, 0.4) is 0 Å². The summed E-state index contributed by atoms with van der Waals surface area (Å²) >= 11 is 0. The van der Waals surface area contributed by atoms with Crippen LogP contribution in [0.15, 0.2) is 18.2 Å². The van der Waals surface area contributed by atoms with Crippen LogP contribution < -0.4 is 10.1 Å². The van der Waals surface area contributed by atoms with Crippen molar-refractivity contribution >= 4 is 0 Å². The quantitative estimate of drug-likeness (QED) is 0.923. The SMILES string of the molecule is c1cc2c(cc1OC1CCNC1)CCN(C1CCC1)CC2. The summed E-state index contributed by atoms with van der Waals surface area (Å²) in [5.74, 6) is 1.07. The second-order valence-corrected chi connectivity index (χ2v) is 6.78. The van der Waals surface area contributed by atoms with Gasteiger partial charge in [-0.15, -0.1) is 0 Å². The van der Waals surface area contributed by atoms with Gasteiger partial charge in [0, 0.05) is 25.7 Å². The third-order valence-corrected chi connectivity index (χ3v) is 5.42. The average Bonchev–Trinajstić information content (AvgIpc) is 2.85. The fourth-order valence-electron chi connectivity index (χ4n) is 3.83. The molecule has 2 fully saturated rings. The van der Waals surface area contributed by atoms with Gasteiger partial charge in [-0.2, -0.15) is 0 Å². The Balaban J connectivity index is 1.44. The molecule has 1 saturated heterocycles. The van der Waals surface area contributed by atoms with Crippen molar-refractivity contribution < 1.29 is 4.74 Å². The minimum Gasteiger partial charge on any atom is -0.489 e. The van der Waals surface area contributed by atoms with Crippen molar-refractivity contribution in [2.75, 3.05) is 26.2 Å². The molecule has 3 heteroatoms. The van der Waals surface area contributed by atoms with Crippen molar-refractivity contribution in [3.05, 3.63) is 29.3 Å². The summed E-state index contributed by atoms with van der Waals surface area (Å²) in [6.45, 7) is 4.55. The van der Waals surface area contributed by atoms with Crippen molar-refractivity contribution in [3.8, 4) is 5.75 Å². The van der Waals surface area contributed by atoms with Gasteiger partial charge in [0.1, 0.15) is 11.9 Å². The van der Waals surface area contributed by atoms with E-state index in [0.717, 1.165) is 31.3 Å². The van der Waals surface area contributed by atoms with Crippen LogP contribution in [0, 0.1) is 0 Å². The van der Waals surface area contributed by atoms with Crippen LogP contribution in [0.4, 0.5) is 0 Å². The van der Waals surface area contributed by atoms with E-state index in [-0.39, 0.29) is 0 Å². The highest BCUT2D eigenvalue weighted by Gasteiger charge is 2.26. The fraction of sp³-hybridized carbons (Fsp3) is 0.667. The number of benzene rings is 1. The maximum absolute atomic E-state index is 6.11. The van der Waals surface area contributed by atoms with Gasteiger partial charge < -0.3 is 10.1 Å². The second-order valence-electron chi connectivity index (χ2n) is 6.78. The molecule has 4 rings (SSSR count). The van der Waals surface area contributed by atoms with Gasteiger partial charge in [-0.1, -0.05) is 12.5 Å². The Labute approximate surface area is 127 Å². The summed E-state index contributed by atoms with van der Waals surface area (Å²) in [6, 6.07) is 7.66. The highest BCUT2D eigenvalue weighted by Crippen LogP contribution is 2.29. The van der Waals surface area contributed by atoms with E-state index in [1.165, 1.54) is 56.3 Å². The number of fused-ring (bicyclic) bond motifs is 1. The molecule has 1 atom stereocenters. The molecule has 0 bridgehead atoms. The van der Waals surface area contributed by atoms with Gasteiger partial charge in [0.2, 0.25) is 0 Å². The normalized spacial score (nSPS) is 27.0. The third-order valence-electron chi connectivity index (χ3n) is 5.42. The van der Waals surface area contributed by atoms with Gasteiger partial charge in [-0.25, -0.2) is 0 Å². The topological polar surface area (TPSA) is 24.5 Å². The average molecular weight is 286 g/mol. The Kier molecular flexibility index (Phi) is 3.87. The minimum atomic E-state index is 0.361. The molecule has 1 unspecified atom stereocenters. The number of hydrogen-bond donors (Lipinski definition) is 1. The van der Waals surface area contributed by atoms with Crippen LogP contribution in [0.1, 0.15) is 36.8 Å². The van der Waals surface area contributed by atoms with Crippen molar-refractivity contribution in [1.82, 2.24) is 10.2 Å². The zero-order valence-electron chi connectivity index (χ0n) is 12.8. The first kappa shape index (κ1) is 13.6. The Morgan fingerprint density at radius 1 is 1.05 bits per heavy atom. The largest absolute Gasteiger partial charge is 0.489 e. The lowest BCUT2D eigenvalue weighted by atomic mass is 9.91. The molecule has 2 heterocycles. The van der Waals surface area contributed by atoms with Crippen LogP contribution in [0.5, 0.6) is 5.75 Å². The third kappa shape index (κ3) is 2.95. The van der Waals surface area contributed by atoms with E-state index in [0.29, 0.717) is 6.10 Å². The smallest absolute Gasteiger partial charge is 0.120 e. The molecular formula is C18H26N2O. The highest BCUT2D eigenvalue weighted by molar-refractivity contribution is 5.37. The highest BCUT2D eigenvalue weighted by atomic mass is 16.5.